The summed E-state index contributed by atoms with van der Waals surface area (Å²) in [6, 6.07) is 0. The second kappa shape index (κ2) is 41.4. The number of allylic oxidation sites excluding steroid dienone is 1. The van der Waals surface area contributed by atoms with Crippen LogP contribution >= 0.6 is 7.82 Å². The predicted molar refractivity (Wildman–Crippen MR) is 224 cm³/mol. The van der Waals surface area contributed by atoms with Gasteiger partial charge in [-0.2, -0.15) is 0 Å². The van der Waals surface area contributed by atoms with E-state index in [1.807, 2.05) is 6.08 Å². The Kier molecular flexibility index (Phi) is 40.4. The predicted octanol–water partition coefficient (Wildman–Crippen LogP) is 13.0. The molecule has 10 heteroatoms. The molecule has 0 aliphatic heterocycles. The summed E-state index contributed by atoms with van der Waals surface area (Å²) in [7, 11) is -4.37. The first-order valence-electron chi connectivity index (χ1n) is 22.6. The summed E-state index contributed by atoms with van der Waals surface area (Å²) in [5, 5.41) is 0. The molecule has 0 aromatic heterocycles. The molecule has 0 bridgehead atoms. The fraction of sp³-hybridized carbons (Fsp3) is 0.909. The normalized spacial score (nSPS) is 13.1. The molecule has 0 aromatic carbocycles. The Morgan fingerprint density at radius 2 is 0.944 bits per heavy atom. The van der Waals surface area contributed by atoms with Crippen molar-refractivity contribution in [3.05, 3.63) is 12.7 Å². The lowest BCUT2D eigenvalue weighted by Crippen LogP contribution is -2.29. The fourth-order valence-electron chi connectivity index (χ4n) is 6.68. The van der Waals surface area contributed by atoms with Gasteiger partial charge in [0.25, 0.3) is 0 Å². The number of carbonyl (C=O) groups is 2. The van der Waals surface area contributed by atoms with Crippen molar-refractivity contribution in [1.29, 1.82) is 0 Å². The molecule has 0 aliphatic carbocycles. The van der Waals surface area contributed by atoms with Crippen molar-refractivity contribution >= 4 is 19.8 Å². The summed E-state index contributed by atoms with van der Waals surface area (Å²) in [6.45, 7) is 5.29. The van der Waals surface area contributed by atoms with E-state index in [1.54, 1.807) is 0 Å². The number of carbonyl (C=O) groups excluding carboxylic acids is 2. The van der Waals surface area contributed by atoms with Crippen LogP contribution in [0.1, 0.15) is 225 Å². The van der Waals surface area contributed by atoms with E-state index in [9.17, 15) is 19.0 Å². The highest BCUT2D eigenvalue weighted by molar-refractivity contribution is 7.47. The Bertz CT molecular complexity index is 889. The Hall–Kier alpha value is -1.25. The second-order valence-electron chi connectivity index (χ2n) is 15.4. The highest BCUT2D eigenvalue weighted by Gasteiger charge is 2.26. The topological polar surface area (TPSA) is 134 Å². The van der Waals surface area contributed by atoms with Gasteiger partial charge in [-0.15, -0.1) is 6.58 Å². The average molecular weight is 788 g/mol. The largest absolute Gasteiger partial charge is 0.472 e. The molecule has 0 heterocycles. The third-order valence-corrected chi connectivity index (χ3v) is 11.0. The van der Waals surface area contributed by atoms with Gasteiger partial charge in [-0.25, -0.2) is 4.57 Å². The molecule has 0 aromatic rings. The van der Waals surface area contributed by atoms with Crippen molar-refractivity contribution in [3.63, 3.8) is 0 Å². The lowest BCUT2D eigenvalue weighted by atomic mass is 10.0. The Morgan fingerprint density at radius 3 is 1.33 bits per heavy atom. The molecular weight excluding hydrogens is 701 g/mol. The van der Waals surface area contributed by atoms with E-state index in [-0.39, 0.29) is 38.6 Å². The number of phosphoric ester groups is 1. The number of rotatable bonds is 44. The summed E-state index contributed by atoms with van der Waals surface area (Å²) in [6.07, 6.45) is 41.3. The molecule has 54 heavy (non-hydrogen) atoms. The minimum atomic E-state index is -4.37. The maximum Gasteiger partial charge on any atom is 0.472 e. The first kappa shape index (κ1) is 52.8. The lowest BCUT2D eigenvalue weighted by molar-refractivity contribution is -0.161. The van der Waals surface area contributed by atoms with Gasteiger partial charge in [0.05, 0.1) is 13.2 Å². The molecular formula is C44H86NO8P. The van der Waals surface area contributed by atoms with E-state index in [0.29, 0.717) is 6.42 Å². The number of hydrogen-bond donors (Lipinski definition) is 2. The highest BCUT2D eigenvalue weighted by atomic mass is 31.2. The van der Waals surface area contributed by atoms with E-state index in [1.165, 1.54) is 154 Å². The number of phosphoric acid groups is 1. The average Bonchev–Trinajstić information content (AvgIpc) is 3.16. The van der Waals surface area contributed by atoms with Crippen LogP contribution in [0.4, 0.5) is 0 Å². The summed E-state index contributed by atoms with van der Waals surface area (Å²) in [5.74, 6) is -0.818. The molecule has 9 nitrogen and oxygen atoms in total. The minimum Gasteiger partial charge on any atom is -0.462 e. The zero-order valence-electron chi connectivity index (χ0n) is 35.1. The monoisotopic (exact) mass is 788 g/mol. The SMILES string of the molecule is C=CCCCCCCCCCCCCCCCC(=O)O[C@H](COC(=O)CCCCCCCCCCCCCCCCCCCC)COP(=O)(O)OCCN. The van der Waals surface area contributed by atoms with Crippen LogP contribution in [-0.2, 0) is 32.7 Å². The quantitative estimate of drug-likeness (QED) is 0.0268. The van der Waals surface area contributed by atoms with Crippen LogP contribution < -0.4 is 5.73 Å². The first-order chi connectivity index (χ1) is 26.3. The van der Waals surface area contributed by atoms with Gasteiger partial charge in [-0.3, -0.25) is 18.6 Å². The van der Waals surface area contributed by atoms with Crippen LogP contribution in [0.2, 0.25) is 0 Å². The zero-order valence-corrected chi connectivity index (χ0v) is 36.0. The van der Waals surface area contributed by atoms with Crippen LogP contribution in [0.25, 0.3) is 0 Å². The third-order valence-electron chi connectivity index (χ3n) is 10.0. The summed E-state index contributed by atoms with van der Waals surface area (Å²) in [5.41, 5.74) is 5.35. The van der Waals surface area contributed by atoms with Crippen molar-refractivity contribution in [2.75, 3.05) is 26.4 Å². The zero-order chi connectivity index (χ0) is 39.6. The fourth-order valence-corrected chi connectivity index (χ4v) is 7.44. The van der Waals surface area contributed by atoms with E-state index in [4.69, 9.17) is 24.3 Å². The van der Waals surface area contributed by atoms with Crippen molar-refractivity contribution in [2.45, 2.75) is 231 Å². The Labute approximate surface area is 332 Å². The van der Waals surface area contributed by atoms with Crippen LogP contribution in [0.15, 0.2) is 12.7 Å². The van der Waals surface area contributed by atoms with Crippen molar-refractivity contribution in [2.24, 2.45) is 5.73 Å². The minimum absolute atomic E-state index is 0.0559. The maximum absolute atomic E-state index is 12.6. The van der Waals surface area contributed by atoms with Crippen LogP contribution in [0, 0.1) is 0 Å². The number of ether oxygens (including phenoxy) is 2. The summed E-state index contributed by atoms with van der Waals surface area (Å²) < 4.78 is 32.8. The summed E-state index contributed by atoms with van der Waals surface area (Å²) >= 11 is 0. The van der Waals surface area contributed by atoms with E-state index in [0.717, 1.165) is 44.9 Å². The Balaban J connectivity index is 4.06. The van der Waals surface area contributed by atoms with E-state index >= 15 is 0 Å². The second-order valence-corrected chi connectivity index (χ2v) is 16.8. The third kappa shape index (κ3) is 40.4. The molecule has 0 aliphatic rings. The lowest BCUT2D eigenvalue weighted by Gasteiger charge is -2.19. The molecule has 0 rings (SSSR count). The molecule has 3 N–H and O–H groups in total. The highest BCUT2D eigenvalue weighted by Crippen LogP contribution is 2.43. The molecule has 0 amide bonds. The van der Waals surface area contributed by atoms with Gasteiger partial charge in [-0.05, 0) is 25.7 Å². The van der Waals surface area contributed by atoms with Gasteiger partial charge in [-0.1, -0.05) is 193 Å². The molecule has 0 spiro atoms. The van der Waals surface area contributed by atoms with E-state index < -0.39 is 26.5 Å². The van der Waals surface area contributed by atoms with Crippen LogP contribution in [0.5, 0.6) is 0 Å². The molecule has 0 saturated heterocycles. The van der Waals surface area contributed by atoms with Crippen molar-refractivity contribution in [1.82, 2.24) is 0 Å². The molecule has 320 valence electrons. The molecule has 0 radical (unpaired) electrons. The van der Waals surface area contributed by atoms with Gasteiger partial charge < -0.3 is 20.1 Å². The first-order valence-corrected chi connectivity index (χ1v) is 24.1. The number of nitrogens with two attached hydrogens (primary N) is 1. The maximum atomic E-state index is 12.6. The van der Waals surface area contributed by atoms with Gasteiger partial charge in [0, 0.05) is 19.4 Å². The number of unbranched alkanes of at least 4 members (excludes halogenated alkanes) is 30. The Morgan fingerprint density at radius 1 is 0.574 bits per heavy atom. The molecule has 0 saturated carbocycles. The van der Waals surface area contributed by atoms with Crippen LogP contribution in [-0.4, -0.2) is 49.3 Å². The molecule has 2 atom stereocenters. The van der Waals surface area contributed by atoms with Gasteiger partial charge in [0.1, 0.15) is 6.61 Å². The van der Waals surface area contributed by atoms with Gasteiger partial charge >= 0.3 is 19.8 Å². The molecule has 1 unspecified atom stereocenters. The standard InChI is InChI=1S/C44H86NO8P/c1-3-5-7-9-11-13-15-17-19-20-21-23-24-26-28-30-32-34-36-43(46)50-40-42(41-52-54(48,49)51-39-38-45)53-44(47)37-35-33-31-29-27-25-22-18-16-14-12-10-8-6-4-2/h4,42H,2-3,5-41,45H2,1H3,(H,48,49)/t42-/m1/s1. The van der Waals surface area contributed by atoms with E-state index in [2.05, 4.69) is 13.5 Å². The number of hydrogen-bond acceptors (Lipinski definition) is 8. The van der Waals surface area contributed by atoms with Crippen molar-refractivity contribution in [3.8, 4) is 0 Å². The van der Waals surface area contributed by atoms with Gasteiger partial charge in [0.15, 0.2) is 6.10 Å². The van der Waals surface area contributed by atoms with Crippen LogP contribution in [0.3, 0.4) is 0 Å². The molecule has 0 fully saturated rings. The summed E-state index contributed by atoms with van der Waals surface area (Å²) in [4.78, 5) is 34.9. The van der Waals surface area contributed by atoms with Gasteiger partial charge in [0.2, 0.25) is 0 Å². The number of esters is 2. The smallest absolute Gasteiger partial charge is 0.462 e. The van der Waals surface area contributed by atoms with Crippen molar-refractivity contribution < 1.29 is 37.6 Å².